The second kappa shape index (κ2) is 6.40. The molecule has 0 saturated heterocycles. The number of hydrogen-bond acceptors (Lipinski definition) is 3. The average molecular weight is 276 g/mol. The molecule has 110 valence electrons. The van der Waals surface area contributed by atoms with Gasteiger partial charge in [0.15, 0.2) is 0 Å². The van der Waals surface area contributed by atoms with Crippen LogP contribution in [0.1, 0.15) is 40.0 Å². The van der Waals surface area contributed by atoms with Crippen molar-refractivity contribution in [3.63, 3.8) is 0 Å². The lowest BCUT2D eigenvalue weighted by Gasteiger charge is -2.27. The van der Waals surface area contributed by atoms with Crippen LogP contribution in [-0.4, -0.2) is 24.8 Å². The minimum absolute atomic E-state index is 0.0796. The Hall–Kier alpha value is -1.35. The van der Waals surface area contributed by atoms with Crippen molar-refractivity contribution in [1.82, 2.24) is 0 Å². The maximum atomic E-state index is 11.9. The van der Waals surface area contributed by atoms with Crippen molar-refractivity contribution < 1.29 is 14.3 Å². The lowest BCUT2D eigenvalue weighted by Crippen LogP contribution is -2.28. The molecule has 3 nitrogen and oxygen atoms in total. The molecule has 2 bridgehead atoms. The van der Waals surface area contributed by atoms with Gasteiger partial charge in [0.1, 0.15) is 6.10 Å². The van der Waals surface area contributed by atoms with E-state index in [4.69, 9.17) is 9.47 Å². The predicted octanol–water partition coefficient (Wildman–Crippen LogP) is 3.57. The molecule has 1 aliphatic heterocycles. The van der Waals surface area contributed by atoms with E-state index < -0.39 is 0 Å². The zero-order valence-electron chi connectivity index (χ0n) is 12.6. The topological polar surface area (TPSA) is 35.5 Å². The summed E-state index contributed by atoms with van der Waals surface area (Å²) in [5.74, 6) is -0.0448. The van der Waals surface area contributed by atoms with E-state index in [9.17, 15) is 4.79 Å². The summed E-state index contributed by atoms with van der Waals surface area (Å²) < 4.78 is 11.4. The highest BCUT2D eigenvalue weighted by molar-refractivity contribution is 5.91. The predicted molar refractivity (Wildman–Crippen MR) is 79.3 cm³/mol. The highest BCUT2D eigenvalue weighted by Crippen LogP contribution is 2.33. The molecule has 20 heavy (non-hydrogen) atoms. The van der Waals surface area contributed by atoms with Crippen LogP contribution in [-0.2, 0) is 14.3 Å². The normalized spacial score (nSPS) is 30.4. The summed E-state index contributed by atoms with van der Waals surface area (Å²) in [5, 5.41) is 0. The molecule has 0 amide bonds. The minimum Gasteiger partial charge on any atom is -0.454 e. The van der Waals surface area contributed by atoms with Crippen LogP contribution in [0.2, 0.25) is 0 Å². The first kappa shape index (κ1) is 15.0. The van der Waals surface area contributed by atoms with Crippen LogP contribution in [0.3, 0.4) is 0 Å². The van der Waals surface area contributed by atoms with E-state index in [1.807, 2.05) is 19.9 Å². The molecule has 0 unspecified atom stereocenters. The third-order valence-electron chi connectivity index (χ3n) is 4.12. The first-order valence-electron chi connectivity index (χ1n) is 7.38. The number of fused-ring (bicyclic) bond motifs is 1. The van der Waals surface area contributed by atoms with Crippen LogP contribution < -0.4 is 0 Å². The molecule has 0 N–H and O–H groups in total. The molecule has 0 aromatic carbocycles. The summed E-state index contributed by atoms with van der Waals surface area (Å²) in [6.07, 6.45) is 6.49. The summed E-state index contributed by atoms with van der Waals surface area (Å²) in [6.45, 7) is 10.9. The van der Waals surface area contributed by atoms with Gasteiger partial charge in [-0.2, -0.15) is 0 Å². The minimum atomic E-state index is -0.177. The van der Waals surface area contributed by atoms with Gasteiger partial charge in [-0.3, -0.25) is 0 Å². The molecule has 2 rings (SSSR count). The smallest absolute Gasteiger partial charge is 0.334 e. The first-order chi connectivity index (χ1) is 9.52. The highest BCUT2D eigenvalue weighted by atomic mass is 16.5. The largest absolute Gasteiger partial charge is 0.454 e. The van der Waals surface area contributed by atoms with E-state index in [-0.39, 0.29) is 24.1 Å². The number of carbonyl (C=O) groups is 1. The lowest BCUT2D eigenvalue weighted by atomic mass is 9.86. The summed E-state index contributed by atoms with van der Waals surface area (Å²) >= 11 is 0. The summed E-state index contributed by atoms with van der Waals surface area (Å²) in [7, 11) is 0. The maximum absolute atomic E-state index is 11.9. The SMILES string of the molecule is C=C(C)[C@@H]1C[C@@H](OCC)C(C)=CCCC2=C[C@@H]1OC2=O. The van der Waals surface area contributed by atoms with Gasteiger partial charge in [-0.25, -0.2) is 4.79 Å². The van der Waals surface area contributed by atoms with Crippen LogP contribution >= 0.6 is 0 Å². The van der Waals surface area contributed by atoms with Crippen LogP contribution in [0.5, 0.6) is 0 Å². The molecule has 1 heterocycles. The van der Waals surface area contributed by atoms with Gasteiger partial charge in [-0.15, -0.1) is 0 Å². The van der Waals surface area contributed by atoms with Crippen molar-refractivity contribution >= 4 is 5.97 Å². The van der Waals surface area contributed by atoms with Crippen LogP contribution in [0.25, 0.3) is 0 Å². The van der Waals surface area contributed by atoms with Gasteiger partial charge in [-0.05, 0) is 51.7 Å². The van der Waals surface area contributed by atoms with E-state index in [2.05, 4.69) is 19.6 Å². The van der Waals surface area contributed by atoms with Crippen molar-refractivity contribution in [3.05, 3.63) is 35.5 Å². The molecule has 3 atom stereocenters. The molecule has 0 aromatic rings. The van der Waals surface area contributed by atoms with Crippen molar-refractivity contribution in [2.45, 2.75) is 52.2 Å². The van der Waals surface area contributed by atoms with Crippen molar-refractivity contribution in [3.8, 4) is 0 Å². The van der Waals surface area contributed by atoms with Crippen LogP contribution in [0.4, 0.5) is 0 Å². The fraction of sp³-hybridized carbons (Fsp3) is 0.588. The molecule has 0 spiro atoms. The fourth-order valence-electron chi connectivity index (χ4n) is 2.90. The number of ether oxygens (including phenoxy) is 2. The Morgan fingerprint density at radius 3 is 2.95 bits per heavy atom. The second-order valence-electron chi connectivity index (χ2n) is 5.68. The molecule has 0 radical (unpaired) electrons. The van der Waals surface area contributed by atoms with E-state index >= 15 is 0 Å². The van der Waals surface area contributed by atoms with Crippen LogP contribution in [0, 0.1) is 5.92 Å². The third kappa shape index (κ3) is 3.21. The number of carbonyl (C=O) groups excluding carboxylic acids is 1. The van der Waals surface area contributed by atoms with Gasteiger partial charge in [0.05, 0.1) is 6.10 Å². The van der Waals surface area contributed by atoms with E-state index in [1.54, 1.807) is 0 Å². The van der Waals surface area contributed by atoms with Crippen molar-refractivity contribution in [1.29, 1.82) is 0 Å². The quantitative estimate of drug-likeness (QED) is 0.584. The zero-order chi connectivity index (χ0) is 14.7. The Labute approximate surface area is 121 Å². The van der Waals surface area contributed by atoms with E-state index in [0.29, 0.717) is 6.61 Å². The van der Waals surface area contributed by atoms with Gasteiger partial charge in [-0.1, -0.05) is 18.2 Å². The Balaban J connectivity index is 2.29. The average Bonchev–Trinajstić information content (AvgIpc) is 2.74. The Kier molecular flexibility index (Phi) is 4.81. The van der Waals surface area contributed by atoms with Crippen molar-refractivity contribution in [2.24, 2.45) is 5.92 Å². The molecular formula is C17H24O3. The molecule has 2 aliphatic rings. The molecule has 0 aromatic heterocycles. The number of rotatable bonds is 3. The lowest BCUT2D eigenvalue weighted by molar-refractivity contribution is -0.141. The van der Waals surface area contributed by atoms with E-state index in [0.717, 1.165) is 30.4 Å². The summed E-state index contributed by atoms with van der Waals surface area (Å²) in [6, 6.07) is 0. The molecule has 0 saturated carbocycles. The molecule has 0 fully saturated rings. The van der Waals surface area contributed by atoms with Crippen molar-refractivity contribution in [2.75, 3.05) is 6.61 Å². The van der Waals surface area contributed by atoms with Gasteiger partial charge >= 0.3 is 5.97 Å². The summed E-state index contributed by atoms with van der Waals surface area (Å²) in [4.78, 5) is 11.9. The van der Waals surface area contributed by atoms with Gasteiger partial charge in [0, 0.05) is 18.1 Å². The third-order valence-corrected chi connectivity index (χ3v) is 4.12. The first-order valence-corrected chi connectivity index (χ1v) is 7.38. The van der Waals surface area contributed by atoms with Gasteiger partial charge in [0.25, 0.3) is 0 Å². The molecule has 3 heteroatoms. The van der Waals surface area contributed by atoms with Gasteiger partial charge < -0.3 is 9.47 Å². The standard InChI is InChI=1S/C17H24O3/c1-5-19-15-10-14(11(2)3)16-9-13(17(18)20-16)8-6-7-12(15)4/h7,9,14-16H,2,5-6,8,10H2,1,3-4H3/t14-,15+,16-/m0/s1. The molecule has 1 aliphatic carbocycles. The summed E-state index contributed by atoms with van der Waals surface area (Å²) in [5.41, 5.74) is 3.09. The Bertz CT molecular complexity index is 459. The Morgan fingerprint density at radius 1 is 1.55 bits per heavy atom. The van der Waals surface area contributed by atoms with Gasteiger partial charge in [0.2, 0.25) is 0 Å². The fourth-order valence-corrected chi connectivity index (χ4v) is 2.90. The second-order valence-corrected chi connectivity index (χ2v) is 5.68. The Morgan fingerprint density at radius 2 is 2.30 bits per heavy atom. The maximum Gasteiger partial charge on any atom is 0.334 e. The highest BCUT2D eigenvalue weighted by Gasteiger charge is 2.34. The zero-order valence-corrected chi connectivity index (χ0v) is 12.6. The monoisotopic (exact) mass is 276 g/mol. The van der Waals surface area contributed by atoms with E-state index in [1.165, 1.54) is 5.57 Å². The number of allylic oxidation sites excluding steroid dienone is 1. The number of esters is 1. The molecular weight excluding hydrogens is 252 g/mol. The number of hydrogen-bond donors (Lipinski definition) is 0. The van der Waals surface area contributed by atoms with Crippen LogP contribution in [0.15, 0.2) is 35.5 Å².